The highest BCUT2D eigenvalue weighted by molar-refractivity contribution is 7.18. The van der Waals surface area contributed by atoms with Crippen LogP contribution in [0.4, 0.5) is 5.82 Å². The van der Waals surface area contributed by atoms with Gasteiger partial charge in [-0.15, -0.1) is 11.3 Å². The molecular formula is C17H14N4OS. The molecule has 4 heterocycles. The number of pyridine rings is 1. The molecule has 114 valence electrons. The van der Waals surface area contributed by atoms with Crippen molar-refractivity contribution in [2.24, 2.45) is 0 Å². The van der Waals surface area contributed by atoms with Gasteiger partial charge in [-0.2, -0.15) is 0 Å². The van der Waals surface area contributed by atoms with Crippen molar-refractivity contribution < 1.29 is 4.42 Å². The standard InChI is InChI=1S/C17H14N4OS/c1-11-8-14-16(19-10-13-5-3-7-22-13)20-15(21-17(14)23-11)12-4-2-6-18-9-12/h2-9H,10H2,1H3,(H,19,20,21). The van der Waals surface area contributed by atoms with E-state index in [9.17, 15) is 0 Å². The maximum Gasteiger partial charge on any atom is 0.164 e. The number of aromatic nitrogens is 3. The zero-order chi connectivity index (χ0) is 15.6. The molecule has 0 aliphatic carbocycles. The van der Waals surface area contributed by atoms with Gasteiger partial charge in [-0.1, -0.05) is 0 Å². The summed E-state index contributed by atoms with van der Waals surface area (Å²) >= 11 is 1.66. The molecule has 0 aromatic carbocycles. The third-order valence-electron chi connectivity index (χ3n) is 3.45. The van der Waals surface area contributed by atoms with Gasteiger partial charge < -0.3 is 9.73 Å². The number of aryl methyl sites for hydroxylation is 1. The fraction of sp³-hybridized carbons (Fsp3) is 0.118. The Bertz CT molecular complexity index is 932. The number of nitrogens with one attached hydrogen (secondary N) is 1. The Kier molecular flexibility index (Phi) is 3.51. The van der Waals surface area contributed by atoms with Gasteiger partial charge in [-0.25, -0.2) is 9.97 Å². The van der Waals surface area contributed by atoms with Crippen LogP contribution in [-0.2, 0) is 6.54 Å². The summed E-state index contributed by atoms with van der Waals surface area (Å²) in [6.07, 6.45) is 5.19. The molecule has 0 radical (unpaired) electrons. The van der Waals surface area contributed by atoms with Crippen molar-refractivity contribution in [2.75, 3.05) is 5.32 Å². The number of fused-ring (bicyclic) bond motifs is 1. The average Bonchev–Trinajstić information content (AvgIpc) is 3.21. The zero-order valence-electron chi connectivity index (χ0n) is 12.5. The van der Waals surface area contributed by atoms with Crippen LogP contribution in [-0.4, -0.2) is 15.0 Å². The first kappa shape index (κ1) is 13.9. The average molecular weight is 322 g/mol. The smallest absolute Gasteiger partial charge is 0.164 e. The van der Waals surface area contributed by atoms with E-state index >= 15 is 0 Å². The molecule has 4 aromatic rings. The van der Waals surface area contributed by atoms with E-state index in [2.05, 4.69) is 33.3 Å². The lowest BCUT2D eigenvalue weighted by atomic mass is 10.2. The van der Waals surface area contributed by atoms with Crippen molar-refractivity contribution in [3.8, 4) is 11.4 Å². The van der Waals surface area contributed by atoms with Crippen LogP contribution in [0.1, 0.15) is 10.6 Å². The minimum atomic E-state index is 0.584. The first-order valence-corrected chi connectivity index (χ1v) is 8.06. The number of thiophene rings is 1. The first-order valence-electron chi connectivity index (χ1n) is 7.24. The Morgan fingerprint density at radius 1 is 1.22 bits per heavy atom. The molecule has 0 aliphatic rings. The molecule has 0 saturated heterocycles. The molecule has 0 bridgehead atoms. The summed E-state index contributed by atoms with van der Waals surface area (Å²) < 4.78 is 5.37. The zero-order valence-corrected chi connectivity index (χ0v) is 13.3. The molecule has 23 heavy (non-hydrogen) atoms. The Morgan fingerprint density at radius 3 is 2.96 bits per heavy atom. The quantitative estimate of drug-likeness (QED) is 0.608. The summed E-state index contributed by atoms with van der Waals surface area (Å²) in [5.74, 6) is 2.36. The van der Waals surface area contributed by atoms with Gasteiger partial charge in [-0.3, -0.25) is 4.98 Å². The molecule has 4 rings (SSSR count). The molecule has 1 N–H and O–H groups in total. The second-order valence-corrected chi connectivity index (χ2v) is 6.38. The maximum atomic E-state index is 5.37. The summed E-state index contributed by atoms with van der Waals surface area (Å²) in [4.78, 5) is 15.7. The highest BCUT2D eigenvalue weighted by Gasteiger charge is 2.12. The van der Waals surface area contributed by atoms with Crippen LogP contribution >= 0.6 is 11.3 Å². The minimum absolute atomic E-state index is 0.584. The second kappa shape index (κ2) is 5.81. The maximum absolute atomic E-state index is 5.37. The summed E-state index contributed by atoms with van der Waals surface area (Å²) in [6, 6.07) is 9.77. The molecule has 0 atom stereocenters. The summed E-state index contributed by atoms with van der Waals surface area (Å²) in [6.45, 7) is 2.66. The fourth-order valence-corrected chi connectivity index (χ4v) is 3.26. The number of furan rings is 1. The van der Waals surface area contributed by atoms with Gasteiger partial charge in [0.15, 0.2) is 5.82 Å². The van der Waals surface area contributed by atoms with Crippen molar-refractivity contribution >= 4 is 27.4 Å². The van der Waals surface area contributed by atoms with E-state index in [0.717, 1.165) is 27.4 Å². The van der Waals surface area contributed by atoms with Gasteiger partial charge in [0.1, 0.15) is 16.4 Å². The number of hydrogen-bond donors (Lipinski definition) is 1. The molecule has 6 heteroatoms. The molecule has 0 aliphatic heterocycles. The Hall–Kier alpha value is -2.73. The molecule has 4 aromatic heterocycles. The van der Waals surface area contributed by atoms with Crippen LogP contribution < -0.4 is 5.32 Å². The lowest BCUT2D eigenvalue weighted by Gasteiger charge is -2.07. The van der Waals surface area contributed by atoms with Gasteiger partial charge >= 0.3 is 0 Å². The van der Waals surface area contributed by atoms with E-state index < -0.39 is 0 Å². The number of hydrogen-bond acceptors (Lipinski definition) is 6. The number of anilines is 1. The lowest BCUT2D eigenvalue weighted by Crippen LogP contribution is -2.02. The van der Waals surface area contributed by atoms with E-state index in [-0.39, 0.29) is 0 Å². The summed E-state index contributed by atoms with van der Waals surface area (Å²) in [5, 5.41) is 4.39. The highest BCUT2D eigenvalue weighted by Crippen LogP contribution is 2.31. The predicted molar refractivity (Wildman–Crippen MR) is 91.4 cm³/mol. The lowest BCUT2D eigenvalue weighted by molar-refractivity contribution is 0.518. The topological polar surface area (TPSA) is 63.8 Å². The van der Waals surface area contributed by atoms with Crippen molar-refractivity contribution in [2.45, 2.75) is 13.5 Å². The third-order valence-corrected chi connectivity index (χ3v) is 4.39. The van der Waals surface area contributed by atoms with Gasteiger partial charge in [0.2, 0.25) is 0 Å². The third kappa shape index (κ3) is 2.80. The van der Waals surface area contributed by atoms with Crippen LogP contribution in [0.25, 0.3) is 21.6 Å². The first-order chi connectivity index (χ1) is 11.3. The molecule has 0 amide bonds. The van der Waals surface area contributed by atoms with Crippen LogP contribution in [0.5, 0.6) is 0 Å². The van der Waals surface area contributed by atoms with E-state index in [0.29, 0.717) is 12.4 Å². The molecule has 0 unspecified atom stereocenters. The normalized spacial score (nSPS) is 11.0. The Labute approximate surface area is 137 Å². The monoisotopic (exact) mass is 322 g/mol. The molecule has 0 saturated carbocycles. The van der Waals surface area contributed by atoms with Crippen molar-refractivity contribution in [1.29, 1.82) is 0 Å². The number of nitrogens with zero attached hydrogens (tertiary/aromatic N) is 3. The van der Waals surface area contributed by atoms with E-state index in [1.54, 1.807) is 30.0 Å². The van der Waals surface area contributed by atoms with Crippen LogP contribution in [0.15, 0.2) is 53.4 Å². The van der Waals surface area contributed by atoms with Crippen molar-refractivity contribution in [1.82, 2.24) is 15.0 Å². The molecular weight excluding hydrogens is 308 g/mol. The van der Waals surface area contributed by atoms with E-state index in [4.69, 9.17) is 4.42 Å². The van der Waals surface area contributed by atoms with Gasteiger partial charge in [-0.05, 0) is 37.3 Å². The van der Waals surface area contributed by atoms with E-state index in [1.165, 1.54) is 4.88 Å². The van der Waals surface area contributed by atoms with E-state index in [1.807, 2.05) is 24.3 Å². The number of rotatable bonds is 4. The second-order valence-electron chi connectivity index (χ2n) is 5.15. The van der Waals surface area contributed by atoms with Crippen LogP contribution in [0.3, 0.4) is 0 Å². The molecule has 0 spiro atoms. The Morgan fingerprint density at radius 2 is 2.17 bits per heavy atom. The van der Waals surface area contributed by atoms with Crippen LogP contribution in [0.2, 0.25) is 0 Å². The summed E-state index contributed by atoms with van der Waals surface area (Å²) in [5.41, 5.74) is 0.904. The van der Waals surface area contributed by atoms with Gasteiger partial charge in [0.25, 0.3) is 0 Å². The minimum Gasteiger partial charge on any atom is -0.467 e. The molecule has 5 nitrogen and oxygen atoms in total. The Balaban J connectivity index is 1.77. The van der Waals surface area contributed by atoms with Gasteiger partial charge in [0, 0.05) is 22.8 Å². The largest absolute Gasteiger partial charge is 0.467 e. The predicted octanol–water partition coefficient (Wildman–Crippen LogP) is 4.27. The summed E-state index contributed by atoms with van der Waals surface area (Å²) in [7, 11) is 0. The highest BCUT2D eigenvalue weighted by atomic mass is 32.1. The SMILES string of the molecule is Cc1cc2c(NCc3ccco3)nc(-c3cccnc3)nc2s1. The van der Waals surface area contributed by atoms with Gasteiger partial charge in [0.05, 0.1) is 18.2 Å². The van der Waals surface area contributed by atoms with Crippen LogP contribution in [0, 0.1) is 6.92 Å². The fourth-order valence-electron chi connectivity index (χ4n) is 2.38. The van der Waals surface area contributed by atoms with Crippen molar-refractivity contribution in [3.05, 3.63) is 59.6 Å². The van der Waals surface area contributed by atoms with Crippen molar-refractivity contribution in [3.63, 3.8) is 0 Å². The molecule has 0 fully saturated rings.